The number of hydrogen-bond donors (Lipinski definition) is 1. The van der Waals surface area contributed by atoms with Gasteiger partial charge in [0.15, 0.2) is 0 Å². The first-order valence-corrected chi connectivity index (χ1v) is 5.97. The summed E-state index contributed by atoms with van der Waals surface area (Å²) in [5.41, 5.74) is 0.974. The average Bonchev–Trinajstić information content (AvgIpc) is 3.01. The Kier molecular flexibility index (Phi) is 3.96. The number of nitrogens with zero attached hydrogens (tertiary/aromatic N) is 1. The normalized spacial score (nSPS) is 15.6. The molecule has 0 atom stereocenters. The lowest BCUT2D eigenvalue weighted by atomic mass is 10.4. The van der Waals surface area contributed by atoms with Crippen LogP contribution >= 0.6 is 0 Å². The molecule has 0 aliphatic heterocycles. The quantitative estimate of drug-likeness (QED) is 0.717. The molecule has 0 spiro atoms. The van der Waals surface area contributed by atoms with Crippen LogP contribution in [0.4, 0.5) is 0 Å². The second kappa shape index (κ2) is 5.46. The second-order valence-corrected chi connectivity index (χ2v) is 4.44. The third kappa shape index (κ3) is 3.61. The van der Waals surface area contributed by atoms with E-state index in [1.54, 1.807) is 0 Å². The molecule has 0 aromatic carbocycles. The molecular weight excluding hydrogens is 204 g/mol. The molecule has 1 N–H and O–H groups in total. The highest BCUT2D eigenvalue weighted by molar-refractivity contribution is 5.04. The highest BCUT2D eigenvalue weighted by atomic mass is 16.5. The van der Waals surface area contributed by atoms with Gasteiger partial charge in [0.25, 0.3) is 0 Å². The van der Waals surface area contributed by atoms with E-state index in [0.717, 1.165) is 43.0 Å². The van der Waals surface area contributed by atoms with Crippen LogP contribution in [0.25, 0.3) is 0 Å². The fourth-order valence-corrected chi connectivity index (χ4v) is 1.49. The Balaban J connectivity index is 1.53. The number of aryl methyl sites for hydroxylation is 2. The van der Waals surface area contributed by atoms with Crippen molar-refractivity contribution in [1.29, 1.82) is 0 Å². The van der Waals surface area contributed by atoms with Gasteiger partial charge in [-0.25, -0.2) is 4.98 Å². The highest BCUT2D eigenvalue weighted by Crippen LogP contribution is 2.28. The molecule has 1 heterocycles. The van der Waals surface area contributed by atoms with Crippen LogP contribution in [0.3, 0.4) is 0 Å². The van der Waals surface area contributed by atoms with Gasteiger partial charge in [0.2, 0.25) is 5.89 Å². The van der Waals surface area contributed by atoms with Crippen LogP contribution in [0.2, 0.25) is 0 Å². The Hall–Kier alpha value is -0.870. The maximum Gasteiger partial charge on any atom is 0.208 e. The van der Waals surface area contributed by atoms with Gasteiger partial charge >= 0.3 is 0 Å². The van der Waals surface area contributed by atoms with Crippen molar-refractivity contribution in [2.45, 2.75) is 33.2 Å². The van der Waals surface area contributed by atoms with E-state index in [4.69, 9.17) is 9.15 Å². The van der Waals surface area contributed by atoms with E-state index in [2.05, 4.69) is 10.3 Å². The Morgan fingerprint density at radius 1 is 1.44 bits per heavy atom. The maximum atomic E-state index is 5.51. The van der Waals surface area contributed by atoms with E-state index >= 15 is 0 Å². The molecule has 0 saturated heterocycles. The monoisotopic (exact) mass is 224 g/mol. The van der Waals surface area contributed by atoms with E-state index in [0.29, 0.717) is 6.54 Å². The number of hydrogen-bond acceptors (Lipinski definition) is 4. The zero-order valence-electron chi connectivity index (χ0n) is 10.1. The van der Waals surface area contributed by atoms with Crippen LogP contribution in [0, 0.1) is 19.8 Å². The summed E-state index contributed by atoms with van der Waals surface area (Å²) in [7, 11) is 0. The Labute approximate surface area is 96.4 Å². The van der Waals surface area contributed by atoms with Crippen molar-refractivity contribution in [3.63, 3.8) is 0 Å². The maximum absolute atomic E-state index is 5.51. The van der Waals surface area contributed by atoms with Crippen molar-refractivity contribution in [3.05, 3.63) is 17.3 Å². The zero-order chi connectivity index (χ0) is 11.4. The minimum absolute atomic E-state index is 0.682. The lowest BCUT2D eigenvalue weighted by Crippen LogP contribution is -2.19. The second-order valence-electron chi connectivity index (χ2n) is 4.44. The van der Waals surface area contributed by atoms with Crippen molar-refractivity contribution in [2.24, 2.45) is 5.92 Å². The molecule has 1 aromatic rings. The van der Waals surface area contributed by atoms with Crippen molar-refractivity contribution >= 4 is 0 Å². The number of nitrogens with one attached hydrogen (secondary N) is 1. The van der Waals surface area contributed by atoms with Gasteiger partial charge in [0.1, 0.15) is 5.76 Å². The number of aromatic nitrogens is 1. The minimum Gasteiger partial charge on any atom is -0.444 e. The molecule has 1 aliphatic carbocycles. The molecule has 1 aliphatic rings. The fourth-order valence-electron chi connectivity index (χ4n) is 1.49. The van der Waals surface area contributed by atoms with Gasteiger partial charge in [-0.3, -0.25) is 0 Å². The summed E-state index contributed by atoms with van der Waals surface area (Å²) in [5, 5.41) is 3.26. The third-order valence-corrected chi connectivity index (χ3v) is 2.82. The molecule has 4 heteroatoms. The molecule has 16 heavy (non-hydrogen) atoms. The third-order valence-electron chi connectivity index (χ3n) is 2.82. The standard InChI is InChI=1S/C12H20N2O2/c1-9-10(2)16-12(14-9)7-13-5-6-15-8-11-3-4-11/h11,13H,3-8H2,1-2H3. The van der Waals surface area contributed by atoms with E-state index in [-0.39, 0.29) is 0 Å². The SMILES string of the molecule is Cc1nc(CNCCOCC2CC2)oc1C. The Morgan fingerprint density at radius 3 is 2.88 bits per heavy atom. The first kappa shape index (κ1) is 11.6. The molecule has 1 aromatic heterocycles. The van der Waals surface area contributed by atoms with Crippen LogP contribution in [0.15, 0.2) is 4.42 Å². The Morgan fingerprint density at radius 2 is 2.25 bits per heavy atom. The van der Waals surface area contributed by atoms with Gasteiger partial charge in [0.05, 0.1) is 18.8 Å². The van der Waals surface area contributed by atoms with Gasteiger partial charge in [-0.15, -0.1) is 0 Å². The first-order chi connectivity index (χ1) is 7.75. The van der Waals surface area contributed by atoms with E-state index in [9.17, 15) is 0 Å². The van der Waals surface area contributed by atoms with Crippen molar-refractivity contribution in [2.75, 3.05) is 19.8 Å². The number of oxazole rings is 1. The molecule has 4 nitrogen and oxygen atoms in total. The summed E-state index contributed by atoms with van der Waals surface area (Å²) in [6, 6.07) is 0. The summed E-state index contributed by atoms with van der Waals surface area (Å²) in [6.45, 7) is 7.13. The van der Waals surface area contributed by atoms with Gasteiger partial charge in [-0.05, 0) is 32.6 Å². The van der Waals surface area contributed by atoms with Crippen molar-refractivity contribution in [1.82, 2.24) is 10.3 Å². The summed E-state index contributed by atoms with van der Waals surface area (Å²) >= 11 is 0. The number of rotatable bonds is 7. The molecule has 0 bridgehead atoms. The largest absolute Gasteiger partial charge is 0.444 e. The summed E-state index contributed by atoms with van der Waals surface area (Å²) in [4.78, 5) is 4.30. The molecular formula is C12H20N2O2. The predicted molar refractivity (Wildman–Crippen MR) is 61.2 cm³/mol. The molecule has 1 fully saturated rings. The molecule has 90 valence electrons. The molecule has 2 rings (SSSR count). The van der Waals surface area contributed by atoms with Gasteiger partial charge in [0, 0.05) is 13.2 Å². The van der Waals surface area contributed by atoms with E-state index < -0.39 is 0 Å². The van der Waals surface area contributed by atoms with Gasteiger partial charge in [-0.1, -0.05) is 0 Å². The molecule has 0 amide bonds. The van der Waals surface area contributed by atoms with Crippen molar-refractivity contribution < 1.29 is 9.15 Å². The first-order valence-electron chi connectivity index (χ1n) is 5.97. The lowest BCUT2D eigenvalue weighted by molar-refractivity contribution is 0.125. The predicted octanol–water partition coefficient (Wildman–Crippen LogP) is 1.81. The average molecular weight is 224 g/mol. The van der Waals surface area contributed by atoms with Crippen molar-refractivity contribution in [3.8, 4) is 0 Å². The van der Waals surface area contributed by atoms with Gasteiger partial charge in [-0.2, -0.15) is 0 Å². The lowest BCUT2D eigenvalue weighted by Gasteiger charge is -2.03. The molecule has 1 saturated carbocycles. The zero-order valence-corrected chi connectivity index (χ0v) is 10.1. The van der Waals surface area contributed by atoms with Crippen LogP contribution in [-0.2, 0) is 11.3 Å². The van der Waals surface area contributed by atoms with E-state index in [1.807, 2.05) is 13.8 Å². The minimum atomic E-state index is 0.682. The number of ether oxygens (including phenoxy) is 1. The molecule has 0 radical (unpaired) electrons. The summed E-state index contributed by atoms with van der Waals surface area (Å²) in [5.74, 6) is 2.51. The Bertz CT molecular complexity index is 312. The smallest absolute Gasteiger partial charge is 0.208 e. The van der Waals surface area contributed by atoms with Crippen LogP contribution in [-0.4, -0.2) is 24.7 Å². The van der Waals surface area contributed by atoms with Gasteiger partial charge < -0.3 is 14.5 Å². The fraction of sp³-hybridized carbons (Fsp3) is 0.750. The van der Waals surface area contributed by atoms with Crippen LogP contribution < -0.4 is 5.32 Å². The summed E-state index contributed by atoms with van der Waals surface area (Å²) < 4.78 is 11.0. The van der Waals surface area contributed by atoms with Crippen LogP contribution in [0.5, 0.6) is 0 Å². The molecule has 0 unspecified atom stereocenters. The van der Waals surface area contributed by atoms with Crippen LogP contribution in [0.1, 0.15) is 30.2 Å². The highest BCUT2D eigenvalue weighted by Gasteiger charge is 2.20. The topological polar surface area (TPSA) is 47.3 Å². The van der Waals surface area contributed by atoms with E-state index in [1.165, 1.54) is 12.8 Å². The summed E-state index contributed by atoms with van der Waals surface area (Å²) in [6.07, 6.45) is 2.70.